The number of amides is 1. The van der Waals surface area contributed by atoms with Crippen LogP contribution >= 0.6 is 23.2 Å². The van der Waals surface area contributed by atoms with E-state index >= 15 is 0 Å². The van der Waals surface area contributed by atoms with Gasteiger partial charge in [-0.1, -0.05) is 53.5 Å². The van der Waals surface area contributed by atoms with Crippen LogP contribution in [0.4, 0.5) is 5.69 Å². The first-order valence-electron chi connectivity index (χ1n) is 6.70. The van der Waals surface area contributed by atoms with Gasteiger partial charge in [-0.25, -0.2) is 0 Å². The van der Waals surface area contributed by atoms with Crippen LogP contribution in [0.2, 0.25) is 10.0 Å². The summed E-state index contributed by atoms with van der Waals surface area (Å²) in [5.74, 6) is -0.128. The van der Waals surface area contributed by atoms with Crippen LogP contribution in [0.15, 0.2) is 54.9 Å². The Morgan fingerprint density at radius 1 is 1.05 bits per heavy atom. The summed E-state index contributed by atoms with van der Waals surface area (Å²) >= 11 is 11.8. The van der Waals surface area contributed by atoms with Gasteiger partial charge >= 0.3 is 0 Å². The highest BCUT2D eigenvalue weighted by molar-refractivity contribution is 6.42. The summed E-state index contributed by atoms with van der Waals surface area (Å²) in [5, 5.41) is 5.75. The minimum Gasteiger partial charge on any atom is -0.324 e. The fourth-order valence-electron chi connectivity index (χ4n) is 2.25. The van der Waals surface area contributed by atoms with Gasteiger partial charge in [0.25, 0.3) is 0 Å². The van der Waals surface area contributed by atoms with Crippen LogP contribution in [0.1, 0.15) is 5.56 Å². The van der Waals surface area contributed by atoms with E-state index in [2.05, 4.69) is 10.3 Å². The molecule has 22 heavy (non-hydrogen) atoms. The Labute approximate surface area is 137 Å². The zero-order valence-corrected chi connectivity index (χ0v) is 13.0. The van der Waals surface area contributed by atoms with Gasteiger partial charge in [-0.2, -0.15) is 0 Å². The molecule has 0 bridgehead atoms. The molecule has 0 aliphatic rings. The average Bonchev–Trinajstić information content (AvgIpc) is 2.51. The predicted molar refractivity (Wildman–Crippen MR) is 90.5 cm³/mol. The SMILES string of the molecule is O=C(Cc1ccc(Cl)c(Cl)c1)Nc1cncc2ccccc12. The van der Waals surface area contributed by atoms with Crippen molar-refractivity contribution in [2.45, 2.75) is 6.42 Å². The molecule has 0 saturated heterocycles. The molecule has 110 valence electrons. The number of hydrogen-bond donors (Lipinski definition) is 1. The van der Waals surface area contributed by atoms with Crippen molar-refractivity contribution in [3.63, 3.8) is 0 Å². The molecule has 0 aliphatic carbocycles. The highest BCUT2D eigenvalue weighted by Crippen LogP contribution is 2.24. The quantitative estimate of drug-likeness (QED) is 0.754. The minimum absolute atomic E-state index is 0.128. The van der Waals surface area contributed by atoms with Crippen LogP contribution in [0.25, 0.3) is 10.8 Å². The number of anilines is 1. The molecule has 0 saturated carbocycles. The molecule has 3 nitrogen and oxygen atoms in total. The van der Waals surface area contributed by atoms with Gasteiger partial charge in [-0.15, -0.1) is 0 Å². The van der Waals surface area contributed by atoms with Gasteiger partial charge in [0.1, 0.15) is 0 Å². The molecule has 0 atom stereocenters. The second-order valence-electron chi connectivity index (χ2n) is 4.88. The Morgan fingerprint density at radius 3 is 2.68 bits per heavy atom. The Hall–Kier alpha value is -2.10. The van der Waals surface area contributed by atoms with Crippen molar-refractivity contribution in [3.05, 3.63) is 70.5 Å². The lowest BCUT2D eigenvalue weighted by molar-refractivity contribution is -0.115. The molecule has 1 N–H and O–H groups in total. The molecule has 1 aromatic heterocycles. The first-order valence-corrected chi connectivity index (χ1v) is 7.45. The summed E-state index contributed by atoms with van der Waals surface area (Å²) in [6.45, 7) is 0. The summed E-state index contributed by atoms with van der Waals surface area (Å²) in [6.07, 6.45) is 3.64. The minimum atomic E-state index is -0.128. The van der Waals surface area contributed by atoms with E-state index < -0.39 is 0 Å². The molecule has 1 heterocycles. The van der Waals surface area contributed by atoms with Crippen molar-refractivity contribution in [3.8, 4) is 0 Å². The zero-order valence-electron chi connectivity index (χ0n) is 11.5. The summed E-state index contributed by atoms with van der Waals surface area (Å²) in [6, 6.07) is 12.9. The second-order valence-corrected chi connectivity index (χ2v) is 5.70. The van der Waals surface area contributed by atoms with Crippen molar-refractivity contribution in [2.24, 2.45) is 0 Å². The van der Waals surface area contributed by atoms with Crippen molar-refractivity contribution in [2.75, 3.05) is 5.32 Å². The van der Waals surface area contributed by atoms with E-state index in [1.54, 1.807) is 30.6 Å². The second kappa shape index (κ2) is 6.34. The maximum atomic E-state index is 12.2. The molecule has 5 heteroatoms. The predicted octanol–water partition coefficient (Wildman–Crippen LogP) is 4.72. The Balaban J connectivity index is 1.80. The summed E-state index contributed by atoms with van der Waals surface area (Å²) in [5.41, 5.74) is 1.50. The normalized spacial score (nSPS) is 10.6. The maximum absolute atomic E-state index is 12.2. The van der Waals surface area contributed by atoms with Gasteiger partial charge in [0.15, 0.2) is 0 Å². The van der Waals surface area contributed by atoms with Crippen molar-refractivity contribution < 1.29 is 4.79 Å². The number of carbonyl (C=O) groups is 1. The summed E-state index contributed by atoms with van der Waals surface area (Å²) < 4.78 is 0. The molecule has 0 aliphatic heterocycles. The largest absolute Gasteiger partial charge is 0.324 e. The van der Waals surface area contributed by atoms with E-state index in [1.807, 2.05) is 24.3 Å². The monoisotopic (exact) mass is 330 g/mol. The number of nitrogens with zero attached hydrogens (tertiary/aromatic N) is 1. The number of carbonyl (C=O) groups excluding carboxylic acids is 1. The van der Waals surface area contributed by atoms with E-state index in [0.717, 1.165) is 16.3 Å². The van der Waals surface area contributed by atoms with Gasteiger partial charge in [0.05, 0.1) is 28.4 Å². The lowest BCUT2D eigenvalue weighted by Gasteiger charge is -2.08. The fraction of sp³-hybridized carbons (Fsp3) is 0.0588. The fourth-order valence-corrected chi connectivity index (χ4v) is 2.57. The van der Waals surface area contributed by atoms with E-state index in [1.165, 1.54) is 0 Å². The van der Waals surface area contributed by atoms with Gasteiger partial charge in [0, 0.05) is 17.0 Å². The van der Waals surface area contributed by atoms with Crippen LogP contribution < -0.4 is 5.32 Å². The molecule has 0 spiro atoms. The highest BCUT2D eigenvalue weighted by Gasteiger charge is 2.08. The van der Waals surface area contributed by atoms with E-state index in [4.69, 9.17) is 23.2 Å². The molecule has 0 fully saturated rings. The molecule has 1 amide bonds. The third kappa shape index (κ3) is 3.21. The lowest BCUT2D eigenvalue weighted by Crippen LogP contribution is -2.14. The number of pyridine rings is 1. The van der Waals surface area contributed by atoms with Crippen molar-refractivity contribution in [1.82, 2.24) is 4.98 Å². The Bertz CT molecular complexity index is 844. The van der Waals surface area contributed by atoms with Crippen LogP contribution in [0.5, 0.6) is 0 Å². The number of hydrogen-bond acceptors (Lipinski definition) is 2. The molecule has 3 rings (SSSR count). The van der Waals surface area contributed by atoms with Gasteiger partial charge in [0.2, 0.25) is 5.91 Å². The van der Waals surface area contributed by atoms with E-state index in [-0.39, 0.29) is 12.3 Å². The van der Waals surface area contributed by atoms with Crippen LogP contribution in [0, 0.1) is 0 Å². The third-order valence-electron chi connectivity index (χ3n) is 3.29. The molecule has 0 radical (unpaired) electrons. The topological polar surface area (TPSA) is 42.0 Å². The van der Waals surface area contributed by atoms with Gasteiger partial charge < -0.3 is 5.32 Å². The molecule has 3 aromatic rings. The molecular formula is C17H12Cl2N2O. The molecule has 0 unspecified atom stereocenters. The van der Waals surface area contributed by atoms with E-state index in [9.17, 15) is 4.79 Å². The van der Waals surface area contributed by atoms with Crippen LogP contribution in [0.3, 0.4) is 0 Å². The smallest absolute Gasteiger partial charge is 0.228 e. The highest BCUT2D eigenvalue weighted by atomic mass is 35.5. The lowest BCUT2D eigenvalue weighted by atomic mass is 10.1. The molecular weight excluding hydrogens is 319 g/mol. The Morgan fingerprint density at radius 2 is 1.86 bits per heavy atom. The Kier molecular flexibility index (Phi) is 4.27. The van der Waals surface area contributed by atoms with Gasteiger partial charge in [-0.3, -0.25) is 9.78 Å². The summed E-state index contributed by atoms with van der Waals surface area (Å²) in [4.78, 5) is 16.4. The zero-order chi connectivity index (χ0) is 15.5. The molecule has 2 aromatic carbocycles. The van der Waals surface area contributed by atoms with Crippen molar-refractivity contribution >= 4 is 45.6 Å². The number of benzene rings is 2. The number of halogens is 2. The van der Waals surface area contributed by atoms with Crippen molar-refractivity contribution in [1.29, 1.82) is 0 Å². The van der Waals surface area contributed by atoms with Crippen LogP contribution in [-0.4, -0.2) is 10.9 Å². The standard InChI is InChI=1S/C17H12Cl2N2O/c18-14-6-5-11(7-15(14)19)8-17(22)21-16-10-20-9-12-3-1-2-4-13(12)16/h1-7,9-10H,8H2,(H,21,22). The van der Waals surface area contributed by atoms with Gasteiger partial charge in [-0.05, 0) is 17.7 Å². The third-order valence-corrected chi connectivity index (χ3v) is 4.03. The number of aromatic nitrogens is 1. The van der Waals surface area contributed by atoms with E-state index in [0.29, 0.717) is 15.7 Å². The number of nitrogens with one attached hydrogen (secondary N) is 1. The maximum Gasteiger partial charge on any atom is 0.228 e. The number of rotatable bonds is 3. The van der Waals surface area contributed by atoms with Crippen LogP contribution in [-0.2, 0) is 11.2 Å². The first kappa shape index (κ1) is 14.8. The number of fused-ring (bicyclic) bond motifs is 1. The first-order chi connectivity index (χ1) is 10.6. The summed E-state index contributed by atoms with van der Waals surface area (Å²) in [7, 11) is 0. The average molecular weight is 331 g/mol.